The number of hydrogen-bond acceptors (Lipinski definition) is 2. The standard InChI is InChI=1S/C20H23N5/c1-16-8-6-7-9-18(16)14-23-20(21-2)22-12-17-13-24-25(15-17)19-10-4-3-5-11-19/h3-11,13,15H,12,14H2,1-2H3,(H2,21,22,23). The Balaban J connectivity index is 1.55. The zero-order valence-corrected chi connectivity index (χ0v) is 14.6. The second kappa shape index (κ2) is 8.15. The Morgan fingerprint density at radius 1 is 1.00 bits per heavy atom. The predicted molar refractivity (Wildman–Crippen MR) is 102 cm³/mol. The number of rotatable bonds is 5. The maximum atomic E-state index is 4.41. The molecule has 5 nitrogen and oxygen atoms in total. The van der Waals surface area contributed by atoms with Crippen LogP contribution in [0.5, 0.6) is 0 Å². The summed E-state index contributed by atoms with van der Waals surface area (Å²) in [5.41, 5.74) is 4.69. The van der Waals surface area contributed by atoms with Crippen LogP contribution in [-0.2, 0) is 13.1 Å². The van der Waals surface area contributed by atoms with Crippen LogP contribution in [0.25, 0.3) is 5.69 Å². The summed E-state index contributed by atoms with van der Waals surface area (Å²) in [7, 11) is 1.78. The van der Waals surface area contributed by atoms with E-state index < -0.39 is 0 Å². The number of aliphatic imine (C=N–C) groups is 1. The molecule has 0 aliphatic heterocycles. The second-order valence-corrected chi connectivity index (χ2v) is 5.83. The molecule has 0 aliphatic rings. The van der Waals surface area contributed by atoms with Crippen molar-refractivity contribution in [2.45, 2.75) is 20.0 Å². The van der Waals surface area contributed by atoms with Crippen LogP contribution in [0.3, 0.4) is 0 Å². The van der Waals surface area contributed by atoms with Crippen molar-refractivity contribution < 1.29 is 0 Å². The third-order valence-electron chi connectivity index (χ3n) is 4.05. The summed E-state index contributed by atoms with van der Waals surface area (Å²) in [5.74, 6) is 0.774. The first kappa shape index (κ1) is 16.8. The molecule has 3 aromatic rings. The van der Waals surface area contributed by atoms with Gasteiger partial charge in [-0.05, 0) is 30.2 Å². The van der Waals surface area contributed by atoms with Crippen LogP contribution in [0.4, 0.5) is 0 Å². The zero-order chi connectivity index (χ0) is 17.5. The van der Waals surface area contributed by atoms with Gasteiger partial charge in [0.05, 0.1) is 11.9 Å². The largest absolute Gasteiger partial charge is 0.352 e. The van der Waals surface area contributed by atoms with E-state index in [4.69, 9.17) is 0 Å². The zero-order valence-electron chi connectivity index (χ0n) is 14.6. The monoisotopic (exact) mass is 333 g/mol. The van der Waals surface area contributed by atoms with Crippen LogP contribution < -0.4 is 10.6 Å². The van der Waals surface area contributed by atoms with E-state index in [0.717, 1.165) is 23.8 Å². The first-order chi connectivity index (χ1) is 12.3. The number of guanidine groups is 1. The quantitative estimate of drug-likeness (QED) is 0.557. The Bertz CT molecular complexity index is 836. The Morgan fingerprint density at radius 3 is 2.48 bits per heavy atom. The molecule has 0 spiro atoms. The number of hydrogen-bond donors (Lipinski definition) is 2. The average molecular weight is 333 g/mol. The smallest absolute Gasteiger partial charge is 0.191 e. The third kappa shape index (κ3) is 4.47. The fourth-order valence-corrected chi connectivity index (χ4v) is 2.57. The van der Waals surface area contributed by atoms with Crippen LogP contribution in [0.15, 0.2) is 72.0 Å². The summed E-state index contributed by atoms with van der Waals surface area (Å²) >= 11 is 0. The van der Waals surface area contributed by atoms with Crippen molar-refractivity contribution in [2.75, 3.05) is 7.05 Å². The highest BCUT2D eigenvalue weighted by molar-refractivity contribution is 5.79. The lowest BCUT2D eigenvalue weighted by Crippen LogP contribution is -2.36. The number of aromatic nitrogens is 2. The third-order valence-corrected chi connectivity index (χ3v) is 4.05. The van der Waals surface area contributed by atoms with E-state index in [2.05, 4.69) is 51.9 Å². The molecule has 1 heterocycles. The van der Waals surface area contributed by atoms with Crippen LogP contribution in [-0.4, -0.2) is 22.8 Å². The van der Waals surface area contributed by atoms with Gasteiger partial charge in [-0.25, -0.2) is 4.68 Å². The molecule has 0 saturated heterocycles. The van der Waals surface area contributed by atoms with Crippen LogP contribution in [0.2, 0.25) is 0 Å². The van der Waals surface area contributed by atoms with Crippen molar-refractivity contribution in [1.82, 2.24) is 20.4 Å². The summed E-state index contributed by atoms with van der Waals surface area (Å²) in [5, 5.41) is 11.1. The Kier molecular flexibility index (Phi) is 5.46. The van der Waals surface area contributed by atoms with Gasteiger partial charge < -0.3 is 10.6 Å². The van der Waals surface area contributed by atoms with E-state index in [1.54, 1.807) is 7.05 Å². The second-order valence-electron chi connectivity index (χ2n) is 5.83. The number of nitrogens with one attached hydrogen (secondary N) is 2. The number of aryl methyl sites for hydroxylation is 1. The lowest BCUT2D eigenvalue weighted by atomic mass is 10.1. The molecule has 1 aromatic heterocycles. The summed E-state index contributed by atoms with van der Waals surface area (Å²) in [6.07, 6.45) is 3.89. The van der Waals surface area contributed by atoms with Gasteiger partial charge in [-0.15, -0.1) is 0 Å². The maximum absolute atomic E-state index is 4.41. The van der Waals surface area contributed by atoms with E-state index >= 15 is 0 Å². The fourth-order valence-electron chi connectivity index (χ4n) is 2.57. The van der Waals surface area contributed by atoms with Crippen molar-refractivity contribution in [3.05, 3.63) is 83.7 Å². The molecule has 5 heteroatoms. The SMILES string of the molecule is CN=C(NCc1cnn(-c2ccccc2)c1)NCc1ccccc1C. The molecule has 2 aromatic carbocycles. The number of benzene rings is 2. The van der Waals surface area contributed by atoms with E-state index in [-0.39, 0.29) is 0 Å². The Morgan fingerprint density at radius 2 is 1.72 bits per heavy atom. The van der Waals surface area contributed by atoms with E-state index in [1.807, 2.05) is 47.4 Å². The first-order valence-corrected chi connectivity index (χ1v) is 8.34. The van der Waals surface area contributed by atoms with Gasteiger partial charge in [0, 0.05) is 31.9 Å². The van der Waals surface area contributed by atoms with Gasteiger partial charge >= 0.3 is 0 Å². The maximum Gasteiger partial charge on any atom is 0.191 e. The predicted octanol–water partition coefficient (Wildman–Crippen LogP) is 3.05. The van der Waals surface area contributed by atoms with Gasteiger partial charge in [-0.2, -0.15) is 5.10 Å². The number of para-hydroxylation sites is 1. The van der Waals surface area contributed by atoms with Crippen LogP contribution >= 0.6 is 0 Å². The molecule has 0 saturated carbocycles. The molecule has 128 valence electrons. The van der Waals surface area contributed by atoms with Gasteiger partial charge in [-0.3, -0.25) is 4.99 Å². The summed E-state index contributed by atoms with van der Waals surface area (Å²) < 4.78 is 1.88. The van der Waals surface area contributed by atoms with Crippen molar-refractivity contribution in [1.29, 1.82) is 0 Å². The van der Waals surface area contributed by atoms with Crippen molar-refractivity contribution >= 4 is 5.96 Å². The van der Waals surface area contributed by atoms with Gasteiger partial charge in [-0.1, -0.05) is 42.5 Å². The first-order valence-electron chi connectivity index (χ1n) is 8.34. The number of nitrogens with zero attached hydrogens (tertiary/aromatic N) is 3. The summed E-state index contributed by atoms with van der Waals surface area (Å²) in [4.78, 5) is 4.28. The molecule has 0 bridgehead atoms. The van der Waals surface area contributed by atoms with E-state index in [9.17, 15) is 0 Å². The lowest BCUT2D eigenvalue weighted by Gasteiger charge is -2.12. The molecule has 0 aliphatic carbocycles. The molecular weight excluding hydrogens is 310 g/mol. The minimum atomic E-state index is 0.667. The van der Waals surface area contributed by atoms with Gasteiger partial charge in [0.25, 0.3) is 0 Å². The van der Waals surface area contributed by atoms with Gasteiger partial charge in [0.1, 0.15) is 0 Å². The highest BCUT2D eigenvalue weighted by Gasteiger charge is 2.03. The highest BCUT2D eigenvalue weighted by Crippen LogP contribution is 2.08. The molecule has 0 fully saturated rings. The summed E-state index contributed by atoms with van der Waals surface area (Å²) in [6.45, 7) is 3.53. The van der Waals surface area contributed by atoms with E-state index in [1.165, 1.54) is 11.1 Å². The molecule has 25 heavy (non-hydrogen) atoms. The van der Waals surface area contributed by atoms with Crippen molar-refractivity contribution in [3.63, 3.8) is 0 Å². The fraction of sp³-hybridized carbons (Fsp3) is 0.200. The van der Waals surface area contributed by atoms with Crippen molar-refractivity contribution in [3.8, 4) is 5.69 Å². The molecular formula is C20H23N5. The van der Waals surface area contributed by atoms with Crippen LogP contribution in [0, 0.1) is 6.92 Å². The van der Waals surface area contributed by atoms with Gasteiger partial charge in [0.15, 0.2) is 5.96 Å². The average Bonchev–Trinajstić information content (AvgIpc) is 3.13. The van der Waals surface area contributed by atoms with Crippen LogP contribution in [0.1, 0.15) is 16.7 Å². The summed E-state index contributed by atoms with van der Waals surface area (Å²) in [6, 6.07) is 18.4. The van der Waals surface area contributed by atoms with E-state index in [0.29, 0.717) is 6.54 Å². The lowest BCUT2D eigenvalue weighted by molar-refractivity contribution is 0.805. The minimum absolute atomic E-state index is 0.667. The van der Waals surface area contributed by atoms with Crippen molar-refractivity contribution in [2.24, 2.45) is 4.99 Å². The Labute approximate surface area is 148 Å². The normalized spacial score (nSPS) is 11.4. The molecule has 0 atom stereocenters. The Hall–Kier alpha value is -3.08. The topological polar surface area (TPSA) is 54.2 Å². The molecule has 0 amide bonds. The molecule has 0 unspecified atom stereocenters. The molecule has 2 N–H and O–H groups in total. The molecule has 0 radical (unpaired) electrons. The molecule has 3 rings (SSSR count). The highest BCUT2D eigenvalue weighted by atomic mass is 15.3. The van der Waals surface area contributed by atoms with Gasteiger partial charge in [0.2, 0.25) is 0 Å². The minimum Gasteiger partial charge on any atom is -0.352 e.